The molecular formula is C13H20N2O. The van der Waals surface area contributed by atoms with Gasteiger partial charge in [-0.2, -0.15) is 0 Å². The molecule has 2 rings (SSSR count). The highest BCUT2D eigenvalue weighted by Gasteiger charge is 2.26. The lowest BCUT2D eigenvalue weighted by Gasteiger charge is -2.40. The summed E-state index contributed by atoms with van der Waals surface area (Å²) < 4.78 is 0. The van der Waals surface area contributed by atoms with Gasteiger partial charge < -0.3 is 10.4 Å². The molecule has 2 N–H and O–H groups in total. The van der Waals surface area contributed by atoms with Crippen molar-refractivity contribution in [3.8, 4) is 5.75 Å². The minimum atomic E-state index is 0.355. The highest BCUT2D eigenvalue weighted by Crippen LogP contribution is 2.17. The first-order valence-corrected chi connectivity index (χ1v) is 5.91. The van der Waals surface area contributed by atoms with E-state index in [0.29, 0.717) is 17.8 Å². The van der Waals surface area contributed by atoms with Crippen molar-refractivity contribution in [3.05, 3.63) is 29.8 Å². The van der Waals surface area contributed by atoms with Gasteiger partial charge in [0.25, 0.3) is 0 Å². The number of phenols is 1. The van der Waals surface area contributed by atoms with Crippen LogP contribution in [-0.2, 0) is 6.54 Å². The molecule has 0 atom stereocenters. The van der Waals surface area contributed by atoms with Gasteiger partial charge in [-0.15, -0.1) is 0 Å². The first kappa shape index (κ1) is 11.4. The van der Waals surface area contributed by atoms with Crippen molar-refractivity contribution < 1.29 is 5.11 Å². The summed E-state index contributed by atoms with van der Waals surface area (Å²) in [5.74, 6) is 0.355. The quantitative estimate of drug-likeness (QED) is 0.808. The number of aromatic hydroxyl groups is 1. The van der Waals surface area contributed by atoms with Crippen molar-refractivity contribution in [2.24, 2.45) is 0 Å². The van der Waals surface area contributed by atoms with Gasteiger partial charge >= 0.3 is 0 Å². The van der Waals surface area contributed by atoms with Crippen LogP contribution < -0.4 is 5.32 Å². The molecule has 1 aliphatic rings. The third-order valence-corrected chi connectivity index (χ3v) is 3.17. The first-order valence-electron chi connectivity index (χ1n) is 5.91. The third-order valence-electron chi connectivity index (χ3n) is 3.17. The van der Waals surface area contributed by atoms with Gasteiger partial charge in [0, 0.05) is 31.7 Å². The number of hydrogen-bond acceptors (Lipinski definition) is 3. The maximum Gasteiger partial charge on any atom is 0.115 e. The highest BCUT2D eigenvalue weighted by atomic mass is 16.3. The smallest absolute Gasteiger partial charge is 0.115 e. The fraction of sp³-hybridized carbons (Fsp3) is 0.538. The monoisotopic (exact) mass is 220 g/mol. The van der Waals surface area contributed by atoms with Crippen molar-refractivity contribution in [1.82, 2.24) is 10.2 Å². The number of benzene rings is 1. The van der Waals surface area contributed by atoms with Crippen LogP contribution in [0.3, 0.4) is 0 Å². The van der Waals surface area contributed by atoms with Gasteiger partial charge in [0.1, 0.15) is 5.75 Å². The lowest BCUT2D eigenvalue weighted by Crippen LogP contribution is -2.58. The SMILES string of the molecule is CC(C)N(Cc1cccc(O)c1)C1CNC1. The maximum absolute atomic E-state index is 9.44. The molecule has 88 valence electrons. The van der Waals surface area contributed by atoms with Crippen molar-refractivity contribution in [1.29, 1.82) is 0 Å². The van der Waals surface area contributed by atoms with E-state index in [9.17, 15) is 5.11 Å². The molecule has 0 aliphatic carbocycles. The molecule has 3 nitrogen and oxygen atoms in total. The minimum Gasteiger partial charge on any atom is -0.508 e. The molecular weight excluding hydrogens is 200 g/mol. The van der Waals surface area contributed by atoms with Crippen LogP contribution in [0, 0.1) is 0 Å². The Bertz CT molecular complexity index is 348. The highest BCUT2D eigenvalue weighted by molar-refractivity contribution is 5.27. The minimum absolute atomic E-state index is 0.355. The van der Waals surface area contributed by atoms with Crippen LogP contribution in [0.2, 0.25) is 0 Å². The summed E-state index contributed by atoms with van der Waals surface area (Å²) >= 11 is 0. The van der Waals surface area contributed by atoms with Gasteiger partial charge in [0.2, 0.25) is 0 Å². The van der Waals surface area contributed by atoms with Gasteiger partial charge in [-0.05, 0) is 31.5 Å². The standard InChI is InChI=1S/C13H20N2O/c1-10(2)15(12-7-14-8-12)9-11-4-3-5-13(16)6-11/h3-6,10,12,14,16H,7-9H2,1-2H3. The van der Waals surface area contributed by atoms with Crippen LogP contribution >= 0.6 is 0 Å². The normalized spacial score (nSPS) is 16.8. The average molecular weight is 220 g/mol. The van der Waals surface area contributed by atoms with Crippen LogP contribution in [-0.4, -0.2) is 35.2 Å². The largest absolute Gasteiger partial charge is 0.508 e. The van der Waals surface area contributed by atoms with E-state index < -0.39 is 0 Å². The molecule has 16 heavy (non-hydrogen) atoms. The van der Waals surface area contributed by atoms with Crippen LogP contribution in [0.5, 0.6) is 5.75 Å². The van der Waals surface area contributed by atoms with E-state index in [1.807, 2.05) is 12.1 Å². The zero-order chi connectivity index (χ0) is 11.5. The Morgan fingerprint density at radius 2 is 2.19 bits per heavy atom. The molecule has 1 aromatic carbocycles. The van der Waals surface area contributed by atoms with Crippen LogP contribution in [0.4, 0.5) is 0 Å². The van der Waals surface area contributed by atoms with Gasteiger partial charge in [-0.3, -0.25) is 4.90 Å². The van der Waals surface area contributed by atoms with E-state index in [-0.39, 0.29) is 0 Å². The number of nitrogens with zero attached hydrogens (tertiary/aromatic N) is 1. The average Bonchev–Trinajstić information content (AvgIpc) is 2.14. The van der Waals surface area contributed by atoms with E-state index in [1.165, 1.54) is 5.56 Å². The summed E-state index contributed by atoms with van der Waals surface area (Å²) in [6.45, 7) is 7.52. The summed E-state index contributed by atoms with van der Waals surface area (Å²) in [5.41, 5.74) is 1.18. The van der Waals surface area contributed by atoms with Crippen molar-refractivity contribution in [3.63, 3.8) is 0 Å². The molecule has 3 heteroatoms. The summed E-state index contributed by atoms with van der Waals surface area (Å²) in [5, 5.41) is 12.7. The Morgan fingerprint density at radius 3 is 2.69 bits per heavy atom. The molecule has 1 aliphatic heterocycles. The Morgan fingerprint density at radius 1 is 1.44 bits per heavy atom. The molecule has 1 aromatic rings. The van der Waals surface area contributed by atoms with E-state index in [1.54, 1.807) is 6.07 Å². The molecule has 1 saturated heterocycles. The molecule has 0 saturated carbocycles. The van der Waals surface area contributed by atoms with Crippen LogP contribution in [0.15, 0.2) is 24.3 Å². The van der Waals surface area contributed by atoms with Gasteiger partial charge in [-0.25, -0.2) is 0 Å². The fourth-order valence-corrected chi connectivity index (χ4v) is 2.11. The second kappa shape index (κ2) is 4.85. The second-order valence-corrected chi connectivity index (χ2v) is 4.75. The Kier molecular flexibility index (Phi) is 3.46. The van der Waals surface area contributed by atoms with Crippen LogP contribution in [0.1, 0.15) is 19.4 Å². The van der Waals surface area contributed by atoms with Gasteiger partial charge in [0.15, 0.2) is 0 Å². The molecule has 0 spiro atoms. The summed E-state index contributed by atoms with van der Waals surface area (Å²) in [4.78, 5) is 2.48. The van der Waals surface area contributed by atoms with E-state index >= 15 is 0 Å². The molecule has 1 heterocycles. The van der Waals surface area contributed by atoms with Gasteiger partial charge in [0.05, 0.1) is 0 Å². The zero-order valence-corrected chi connectivity index (χ0v) is 9.98. The first-order chi connectivity index (χ1) is 7.66. The van der Waals surface area contributed by atoms with E-state index in [2.05, 4.69) is 30.1 Å². The molecule has 0 bridgehead atoms. The van der Waals surface area contributed by atoms with Crippen molar-refractivity contribution >= 4 is 0 Å². The Balaban J connectivity index is 2.04. The molecule has 0 aromatic heterocycles. The molecule has 0 amide bonds. The predicted molar refractivity (Wildman–Crippen MR) is 65.4 cm³/mol. The van der Waals surface area contributed by atoms with Gasteiger partial charge in [-0.1, -0.05) is 12.1 Å². The second-order valence-electron chi connectivity index (χ2n) is 4.75. The fourth-order valence-electron chi connectivity index (χ4n) is 2.11. The lowest BCUT2D eigenvalue weighted by molar-refractivity contribution is 0.103. The molecule has 1 fully saturated rings. The van der Waals surface area contributed by atoms with E-state index in [4.69, 9.17) is 0 Å². The van der Waals surface area contributed by atoms with Crippen molar-refractivity contribution in [2.45, 2.75) is 32.5 Å². The third kappa shape index (κ3) is 2.54. The number of phenolic OH excluding ortho intramolecular Hbond substituents is 1. The molecule has 0 unspecified atom stereocenters. The lowest BCUT2D eigenvalue weighted by atomic mass is 10.1. The number of rotatable bonds is 4. The molecule has 0 radical (unpaired) electrons. The van der Waals surface area contributed by atoms with E-state index in [0.717, 1.165) is 19.6 Å². The zero-order valence-electron chi connectivity index (χ0n) is 9.98. The Hall–Kier alpha value is -1.06. The Labute approximate surface area is 97.1 Å². The predicted octanol–water partition coefficient (Wildman–Crippen LogP) is 1.57. The number of nitrogens with one attached hydrogen (secondary N) is 1. The maximum atomic E-state index is 9.44. The topological polar surface area (TPSA) is 35.5 Å². The van der Waals surface area contributed by atoms with Crippen molar-refractivity contribution in [2.75, 3.05) is 13.1 Å². The summed E-state index contributed by atoms with van der Waals surface area (Å²) in [6, 6.07) is 8.72. The van der Waals surface area contributed by atoms with Crippen LogP contribution in [0.25, 0.3) is 0 Å². The summed E-state index contributed by atoms with van der Waals surface area (Å²) in [7, 11) is 0. The number of hydrogen-bond donors (Lipinski definition) is 2. The summed E-state index contributed by atoms with van der Waals surface area (Å²) in [6.07, 6.45) is 0.